The monoisotopic (exact) mass is 314 g/mol. The number of carbonyl (C=O) groups is 1. The second-order valence-corrected chi connectivity index (χ2v) is 5.94. The first-order valence-corrected chi connectivity index (χ1v) is 7.24. The van der Waals surface area contributed by atoms with Crippen LogP contribution in [0.3, 0.4) is 0 Å². The molecule has 3 heterocycles. The number of piperidine rings is 1. The minimum absolute atomic E-state index is 0.0849. The van der Waals surface area contributed by atoms with Crippen LogP contribution in [0.25, 0.3) is 0 Å². The Hall–Kier alpha value is -1.86. The predicted octanol–water partition coefficient (Wildman–Crippen LogP) is 2.09. The molecule has 2 saturated heterocycles. The SMILES string of the molecule is CN1C(=O)CC[C@]12CCCN(c1nccc(C(F)(F)F)n1)C2. The molecule has 1 aromatic rings. The molecular formula is C14H17F3N4O. The first kappa shape index (κ1) is 15.1. The summed E-state index contributed by atoms with van der Waals surface area (Å²) < 4.78 is 38.3. The van der Waals surface area contributed by atoms with E-state index in [1.165, 1.54) is 0 Å². The third-order valence-electron chi connectivity index (χ3n) is 4.66. The Balaban J connectivity index is 1.85. The Labute approximate surface area is 126 Å². The molecular weight excluding hydrogens is 297 g/mol. The van der Waals surface area contributed by atoms with Crippen LogP contribution in [0, 0.1) is 0 Å². The third kappa shape index (κ3) is 2.50. The number of halogens is 3. The molecule has 1 spiro atoms. The van der Waals surface area contributed by atoms with Crippen LogP contribution >= 0.6 is 0 Å². The Morgan fingerprint density at radius 2 is 2.09 bits per heavy atom. The zero-order valence-corrected chi connectivity index (χ0v) is 12.2. The van der Waals surface area contributed by atoms with E-state index in [4.69, 9.17) is 0 Å². The summed E-state index contributed by atoms with van der Waals surface area (Å²) >= 11 is 0. The van der Waals surface area contributed by atoms with Gasteiger partial charge in [0, 0.05) is 32.8 Å². The summed E-state index contributed by atoms with van der Waals surface area (Å²) in [6.07, 6.45) is -0.450. The average molecular weight is 314 g/mol. The van der Waals surface area contributed by atoms with E-state index < -0.39 is 11.9 Å². The number of amides is 1. The molecule has 0 N–H and O–H groups in total. The lowest BCUT2D eigenvalue weighted by atomic mass is 9.87. The Morgan fingerprint density at radius 1 is 1.32 bits per heavy atom. The smallest absolute Gasteiger partial charge is 0.338 e. The van der Waals surface area contributed by atoms with Gasteiger partial charge in [-0.1, -0.05) is 0 Å². The molecule has 1 aromatic heterocycles. The number of hydrogen-bond donors (Lipinski definition) is 0. The third-order valence-corrected chi connectivity index (χ3v) is 4.66. The van der Waals surface area contributed by atoms with Crippen LogP contribution in [0.1, 0.15) is 31.4 Å². The van der Waals surface area contributed by atoms with Gasteiger partial charge in [0.05, 0.1) is 5.54 Å². The standard InChI is InChI=1S/C14H17F3N4O/c1-20-11(22)3-6-13(20)5-2-8-21(9-13)12-18-7-4-10(19-12)14(15,16)17/h4,7H,2-3,5-6,8-9H2,1H3/t13-/m0/s1. The second kappa shape index (κ2) is 5.10. The normalized spacial score (nSPS) is 26.1. The van der Waals surface area contributed by atoms with E-state index in [-0.39, 0.29) is 17.4 Å². The fourth-order valence-electron chi connectivity index (χ4n) is 3.36. The molecule has 8 heteroatoms. The molecule has 5 nitrogen and oxygen atoms in total. The van der Waals surface area contributed by atoms with Crippen LogP contribution in [0.15, 0.2) is 12.3 Å². The van der Waals surface area contributed by atoms with Gasteiger partial charge in [0.25, 0.3) is 0 Å². The topological polar surface area (TPSA) is 49.3 Å². The number of hydrogen-bond acceptors (Lipinski definition) is 4. The van der Waals surface area contributed by atoms with Gasteiger partial charge in [-0.15, -0.1) is 0 Å². The molecule has 0 radical (unpaired) electrons. The minimum atomic E-state index is -4.48. The highest BCUT2D eigenvalue weighted by molar-refractivity contribution is 5.79. The lowest BCUT2D eigenvalue weighted by Crippen LogP contribution is -2.55. The van der Waals surface area contributed by atoms with Crippen molar-refractivity contribution in [2.24, 2.45) is 0 Å². The maximum Gasteiger partial charge on any atom is 0.433 e. The minimum Gasteiger partial charge on any atom is -0.338 e. The molecule has 22 heavy (non-hydrogen) atoms. The summed E-state index contributed by atoms with van der Waals surface area (Å²) in [7, 11) is 1.77. The fraction of sp³-hybridized carbons (Fsp3) is 0.643. The molecule has 2 fully saturated rings. The van der Waals surface area contributed by atoms with Gasteiger partial charge in [0.2, 0.25) is 11.9 Å². The molecule has 0 unspecified atom stereocenters. The number of likely N-dealkylation sites (N-methyl/N-ethyl adjacent to an activating group) is 1. The Kier molecular flexibility index (Phi) is 3.49. The Bertz CT molecular complexity index is 592. The highest BCUT2D eigenvalue weighted by atomic mass is 19.4. The van der Waals surface area contributed by atoms with Crippen LogP contribution in [-0.4, -0.2) is 46.5 Å². The zero-order valence-electron chi connectivity index (χ0n) is 12.2. The zero-order chi connectivity index (χ0) is 16.0. The number of anilines is 1. The van der Waals surface area contributed by atoms with Gasteiger partial charge in [-0.25, -0.2) is 9.97 Å². The van der Waals surface area contributed by atoms with Gasteiger partial charge in [0.15, 0.2) is 0 Å². The molecule has 0 aliphatic carbocycles. The summed E-state index contributed by atoms with van der Waals surface area (Å²) in [6.45, 7) is 1.08. The number of likely N-dealkylation sites (tertiary alicyclic amines) is 1. The summed E-state index contributed by atoms with van der Waals surface area (Å²) in [5.41, 5.74) is -1.24. The van der Waals surface area contributed by atoms with Crippen molar-refractivity contribution < 1.29 is 18.0 Å². The van der Waals surface area contributed by atoms with Gasteiger partial charge >= 0.3 is 6.18 Å². The fourth-order valence-corrected chi connectivity index (χ4v) is 3.36. The van der Waals surface area contributed by atoms with Crippen molar-refractivity contribution in [1.82, 2.24) is 14.9 Å². The summed E-state index contributed by atoms with van der Waals surface area (Å²) in [5.74, 6) is 0.174. The number of rotatable bonds is 1. The molecule has 1 amide bonds. The molecule has 1 atom stereocenters. The van der Waals surface area contributed by atoms with Crippen molar-refractivity contribution in [2.45, 2.75) is 37.4 Å². The molecule has 0 aromatic carbocycles. The van der Waals surface area contributed by atoms with E-state index in [9.17, 15) is 18.0 Å². The lowest BCUT2D eigenvalue weighted by Gasteiger charge is -2.44. The van der Waals surface area contributed by atoms with E-state index in [0.717, 1.165) is 31.5 Å². The van der Waals surface area contributed by atoms with Crippen molar-refractivity contribution in [3.05, 3.63) is 18.0 Å². The summed E-state index contributed by atoms with van der Waals surface area (Å²) in [5, 5.41) is 0. The Morgan fingerprint density at radius 3 is 2.73 bits per heavy atom. The van der Waals surface area contributed by atoms with Crippen LogP contribution in [0.5, 0.6) is 0 Å². The van der Waals surface area contributed by atoms with E-state index in [1.54, 1.807) is 16.8 Å². The number of carbonyl (C=O) groups excluding carboxylic acids is 1. The maximum atomic E-state index is 12.8. The van der Waals surface area contributed by atoms with Crippen molar-refractivity contribution in [1.29, 1.82) is 0 Å². The molecule has 2 aliphatic rings. The van der Waals surface area contributed by atoms with Crippen LogP contribution in [0.2, 0.25) is 0 Å². The molecule has 2 aliphatic heterocycles. The first-order valence-electron chi connectivity index (χ1n) is 7.24. The average Bonchev–Trinajstić information content (AvgIpc) is 2.76. The van der Waals surface area contributed by atoms with Crippen molar-refractivity contribution in [3.8, 4) is 0 Å². The first-order chi connectivity index (χ1) is 10.3. The van der Waals surface area contributed by atoms with Crippen molar-refractivity contribution in [2.75, 3.05) is 25.0 Å². The number of nitrogens with zero attached hydrogens (tertiary/aromatic N) is 4. The van der Waals surface area contributed by atoms with Gasteiger partial charge in [-0.05, 0) is 25.3 Å². The summed E-state index contributed by atoms with van der Waals surface area (Å²) in [4.78, 5) is 22.9. The van der Waals surface area contributed by atoms with Crippen LogP contribution in [0.4, 0.5) is 19.1 Å². The molecule has 120 valence electrons. The summed E-state index contributed by atoms with van der Waals surface area (Å²) in [6, 6.07) is 0.869. The number of aromatic nitrogens is 2. The van der Waals surface area contributed by atoms with E-state index in [1.807, 2.05) is 0 Å². The van der Waals surface area contributed by atoms with E-state index in [2.05, 4.69) is 9.97 Å². The number of alkyl halides is 3. The molecule has 0 saturated carbocycles. The molecule has 0 bridgehead atoms. The maximum absolute atomic E-state index is 12.8. The second-order valence-electron chi connectivity index (χ2n) is 5.94. The molecule has 3 rings (SSSR count). The largest absolute Gasteiger partial charge is 0.433 e. The highest BCUT2D eigenvalue weighted by Gasteiger charge is 2.46. The highest BCUT2D eigenvalue weighted by Crippen LogP contribution is 2.38. The van der Waals surface area contributed by atoms with Gasteiger partial charge in [0.1, 0.15) is 5.69 Å². The van der Waals surface area contributed by atoms with Gasteiger partial charge < -0.3 is 9.80 Å². The van der Waals surface area contributed by atoms with Crippen LogP contribution < -0.4 is 4.90 Å². The van der Waals surface area contributed by atoms with Gasteiger partial charge in [-0.2, -0.15) is 13.2 Å². The van der Waals surface area contributed by atoms with Gasteiger partial charge in [-0.3, -0.25) is 4.79 Å². The van der Waals surface area contributed by atoms with Crippen LogP contribution in [-0.2, 0) is 11.0 Å². The van der Waals surface area contributed by atoms with E-state index in [0.29, 0.717) is 19.5 Å². The quantitative estimate of drug-likeness (QED) is 0.796. The van der Waals surface area contributed by atoms with E-state index >= 15 is 0 Å². The lowest BCUT2D eigenvalue weighted by molar-refractivity contribution is -0.141. The predicted molar refractivity (Wildman–Crippen MR) is 73.2 cm³/mol. The van der Waals surface area contributed by atoms with Crippen molar-refractivity contribution in [3.63, 3.8) is 0 Å². The van der Waals surface area contributed by atoms with Crippen molar-refractivity contribution >= 4 is 11.9 Å².